The number of hydrogen-bond donors (Lipinski definition) is 2. The molecule has 0 amide bonds. The molecule has 0 rings (SSSR count). The third-order valence-corrected chi connectivity index (χ3v) is 3.25. The maximum absolute atomic E-state index is 10.9. The molecule has 0 spiro atoms. The Morgan fingerprint density at radius 1 is 1.12 bits per heavy atom. The van der Waals surface area contributed by atoms with E-state index in [0.29, 0.717) is 0 Å². The molecule has 17 heavy (non-hydrogen) atoms. The van der Waals surface area contributed by atoms with Crippen molar-refractivity contribution < 1.29 is 19.8 Å². The lowest BCUT2D eigenvalue weighted by atomic mass is 9.73. The fraction of sp³-hybridized carbons (Fsp3) is 0.846. The van der Waals surface area contributed by atoms with Gasteiger partial charge in [0.05, 0.1) is 0 Å². The van der Waals surface area contributed by atoms with E-state index in [9.17, 15) is 9.59 Å². The van der Waals surface area contributed by atoms with E-state index in [4.69, 9.17) is 10.2 Å². The lowest BCUT2D eigenvalue weighted by Crippen LogP contribution is -2.31. The van der Waals surface area contributed by atoms with Gasteiger partial charge in [-0.05, 0) is 24.2 Å². The number of carbonyl (C=O) groups is 2. The van der Waals surface area contributed by atoms with E-state index < -0.39 is 17.9 Å². The van der Waals surface area contributed by atoms with Crippen molar-refractivity contribution in [3.8, 4) is 0 Å². The van der Waals surface area contributed by atoms with Gasteiger partial charge >= 0.3 is 11.9 Å². The van der Waals surface area contributed by atoms with Gasteiger partial charge in [-0.1, -0.05) is 40.5 Å². The molecule has 0 saturated carbocycles. The first kappa shape index (κ1) is 15.9. The number of rotatable bonds is 7. The molecule has 0 fully saturated rings. The van der Waals surface area contributed by atoms with Gasteiger partial charge < -0.3 is 10.2 Å². The third kappa shape index (κ3) is 5.71. The smallest absolute Gasteiger partial charge is 0.317 e. The second-order valence-corrected chi connectivity index (χ2v) is 5.67. The first-order chi connectivity index (χ1) is 7.70. The zero-order valence-corrected chi connectivity index (χ0v) is 11.2. The normalized spacial score (nSPS) is 13.7. The van der Waals surface area contributed by atoms with Gasteiger partial charge in [-0.3, -0.25) is 9.59 Å². The molecule has 0 radical (unpaired) electrons. The van der Waals surface area contributed by atoms with Crippen molar-refractivity contribution in [3.05, 3.63) is 0 Å². The van der Waals surface area contributed by atoms with Gasteiger partial charge in [0.15, 0.2) is 5.92 Å². The van der Waals surface area contributed by atoms with Crippen LogP contribution in [0.2, 0.25) is 0 Å². The predicted octanol–water partition coefficient (Wildman–Crippen LogP) is 3.01. The number of carboxylic acid groups (broad SMARTS) is 2. The molecule has 1 atom stereocenters. The molecular formula is C13H24O4. The average Bonchev–Trinajstić information content (AvgIpc) is 2.14. The monoisotopic (exact) mass is 244 g/mol. The summed E-state index contributed by atoms with van der Waals surface area (Å²) < 4.78 is 0. The Morgan fingerprint density at radius 2 is 1.59 bits per heavy atom. The summed E-state index contributed by atoms with van der Waals surface area (Å²) in [5.74, 6) is -3.62. The molecule has 4 heteroatoms. The lowest BCUT2D eigenvalue weighted by Gasteiger charge is -2.32. The molecule has 2 N–H and O–H groups in total. The van der Waals surface area contributed by atoms with Gasteiger partial charge in [-0.15, -0.1) is 0 Å². The standard InChI is InChI=1S/C13H24O4/c1-5-6-7-9(13(2,3)4)8-10(11(14)15)12(16)17/h9-10H,5-8H2,1-4H3,(H,14,15)(H,16,17). The minimum atomic E-state index is -1.28. The Bertz CT molecular complexity index is 251. The quantitative estimate of drug-likeness (QED) is 0.675. The molecule has 0 aliphatic rings. The molecule has 0 aliphatic heterocycles. The van der Waals surface area contributed by atoms with E-state index in [0.717, 1.165) is 19.3 Å². The molecule has 4 nitrogen and oxygen atoms in total. The fourth-order valence-corrected chi connectivity index (χ4v) is 1.95. The van der Waals surface area contributed by atoms with Crippen LogP contribution < -0.4 is 0 Å². The van der Waals surface area contributed by atoms with Crippen molar-refractivity contribution in [1.82, 2.24) is 0 Å². The number of aliphatic carboxylic acids is 2. The van der Waals surface area contributed by atoms with E-state index in [1.165, 1.54) is 0 Å². The number of hydrogen-bond acceptors (Lipinski definition) is 2. The number of unbranched alkanes of at least 4 members (excludes halogenated alkanes) is 1. The minimum absolute atomic E-state index is 0.0572. The van der Waals surface area contributed by atoms with Gasteiger partial charge in [0.25, 0.3) is 0 Å². The summed E-state index contributed by atoms with van der Waals surface area (Å²) in [5, 5.41) is 17.8. The van der Waals surface area contributed by atoms with Gasteiger partial charge in [0.2, 0.25) is 0 Å². The molecule has 0 saturated heterocycles. The first-order valence-corrected chi connectivity index (χ1v) is 6.15. The molecule has 0 aromatic carbocycles. The number of carboxylic acids is 2. The van der Waals surface area contributed by atoms with Crippen LogP contribution in [0.15, 0.2) is 0 Å². The van der Waals surface area contributed by atoms with Crippen LogP contribution in [0.5, 0.6) is 0 Å². The van der Waals surface area contributed by atoms with Crippen molar-refractivity contribution in [2.75, 3.05) is 0 Å². The highest BCUT2D eigenvalue weighted by molar-refractivity contribution is 5.92. The fourth-order valence-electron chi connectivity index (χ4n) is 1.95. The zero-order chi connectivity index (χ0) is 13.6. The van der Waals surface area contributed by atoms with Crippen LogP contribution in [0.25, 0.3) is 0 Å². The molecule has 0 heterocycles. The molecule has 0 aromatic rings. The molecule has 0 aliphatic carbocycles. The highest BCUT2D eigenvalue weighted by atomic mass is 16.4. The molecule has 100 valence electrons. The van der Waals surface area contributed by atoms with E-state index in [1.807, 2.05) is 20.8 Å². The van der Waals surface area contributed by atoms with Crippen LogP contribution in [-0.4, -0.2) is 22.2 Å². The predicted molar refractivity (Wildman–Crippen MR) is 65.8 cm³/mol. The topological polar surface area (TPSA) is 74.6 Å². The second-order valence-electron chi connectivity index (χ2n) is 5.67. The van der Waals surface area contributed by atoms with Gasteiger partial charge in [0.1, 0.15) is 0 Å². The summed E-state index contributed by atoms with van der Waals surface area (Å²) in [6, 6.07) is 0. The Morgan fingerprint density at radius 3 is 1.88 bits per heavy atom. The van der Waals surface area contributed by atoms with E-state index >= 15 is 0 Å². The molecule has 1 unspecified atom stereocenters. The van der Waals surface area contributed by atoms with Crippen molar-refractivity contribution in [2.45, 2.75) is 53.4 Å². The van der Waals surface area contributed by atoms with Gasteiger partial charge in [-0.25, -0.2) is 0 Å². The van der Waals surface area contributed by atoms with Crippen molar-refractivity contribution in [1.29, 1.82) is 0 Å². The van der Waals surface area contributed by atoms with Crippen LogP contribution in [-0.2, 0) is 9.59 Å². The Kier molecular flexibility index (Phi) is 6.21. The van der Waals surface area contributed by atoms with Crippen molar-refractivity contribution >= 4 is 11.9 Å². The first-order valence-electron chi connectivity index (χ1n) is 6.15. The van der Waals surface area contributed by atoms with Gasteiger partial charge in [-0.2, -0.15) is 0 Å². The summed E-state index contributed by atoms with van der Waals surface area (Å²) in [4.78, 5) is 21.8. The largest absolute Gasteiger partial charge is 0.481 e. The summed E-state index contributed by atoms with van der Waals surface area (Å²) in [6.45, 7) is 8.18. The highest BCUT2D eigenvalue weighted by Crippen LogP contribution is 2.35. The Hall–Kier alpha value is -1.06. The van der Waals surface area contributed by atoms with Crippen LogP contribution in [0.1, 0.15) is 53.4 Å². The Balaban J connectivity index is 4.71. The highest BCUT2D eigenvalue weighted by Gasteiger charge is 2.33. The molecule has 0 bridgehead atoms. The summed E-state index contributed by atoms with van der Waals surface area (Å²) >= 11 is 0. The average molecular weight is 244 g/mol. The third-order valence-electron chi connectivity index (χ3n) is 3.25. The van der Waals surface area contributed by atoms with Gasteiger partial charge in [0, 0.05) is 0 Å². The summed E-state index contributed by atoms with van der Waals surface area (Å²) in [7, 11) is 0. The van der Waals surface area contributed by atoms with E-state index in [1.54, 1.807) is 0 Å². The van der Waals surface area contributed by atoms with Crippen LogP contribution in [0, 0.1) is 17.3 Å². The van der Waals surface area contributed by atoms with Crippen LogP contribution in [0.4, 0.5) is 0 Å². The minimum Gasteiger partial charge on any atom is -0.481 e. The summed E-state index contributed by atoms with van der Waals surface area (Å²) in [5.41, 5.74) is -0.0572. The van der Waals surface area contributed by atoms with Crippen molar-refractivity contribution in [2.24, 2.45) is 17.3 Å². The second kappa shape index (κ2) is 6.62. The SMILES string of the molecule is CCCCC(CC(C(=O)O)C(=O)O)C(C)(C)C. The maximum atomic E-state index is 10.9. The molecule has 0 aromatic heterocycles. The van der Waals surface area contributed by atoms with Crippen LogP contribution in [0.3, 0.4) is 0 Å². The van der Waals surface area contributed by atoms with E-state index in [-0.39, 0.29) is 17.8 Å². The van der Waals surface area contributed by atoms with Crippen molar-refractivity contribution in [3.63, 3.8) is 0 Å². The summed E-state index contributed by atoms with van der Waals surface area (Å²) in [6.07, 6.45) is 3.15. The van der Waals surface area contributed by atoms with Crippen LogP contribution >= 0.6 is 0 Å². The zero-order valence-electron chi connectivity index (χ0n) is 11.2. The lowest BCUT2D eigenvalue weighted by molar-refractivity contribution is -0.155. The maximum Gasteiger partial charge on any atom is 0.317 e. The Labute approximate surface area is 103 Å². The van der Waals surface area contributed by atoms with E-state index in [2.05, 4.69) is 6.92 Å². The molecular weight excluding hydrogens is 220 g/mol.